The Labute approximate surface area is 310 Å². The Morgan fingerprint density at radius 1 is 1.06 bits per heavy atom. The van der Waals surface area contributed by atoms with Crippen LogP contribution in [0.1, 0.15) is 76.5 Å². The lowest BCUT2D eigenvalue weighted by Crippen LogP contribution is -2.47. The van der Waals surface area contributed by atoms with Crippen LogP contribution in [0.3, 0.4) is 0 Å². The molecule has 1 spiro atoms. The summed E-state index contributed by atoms with van der Waals surface area (Å²) >= 11 is 1.56. The van der Waals surface area contributed by atoms with Gasteiger partial charge in [0, 0.05) is 62.6 Å². The van der Waals surface area contributed by atoms with Gasteiger partial charge < -0.3 is 19.9 Å². The van der Waals surface area contributed by atoms with Gasteiger partial charge in [-0.2, -0.15) is 0 Å². The molecule has 5 aliphatic rings. The Hall–Kier alpha value is -3.91. The number of carbonyl (C=O) groups excluding carboxylic acids is 2. The van der Waals surface area contributed by atoms with Crippen LogP contribution in [0, 0.1) is 11.3 Å². The summed E-state index contributed by atoms with van der Waals surface area (Å²) in [5, 5.41) is 13.5. The summed E-state index contributed by atoms with van der Waals surface area (Å²) in [6.07, 6.45) is 9.78. The van der Waals surface area contributed by atoms with Gasteiger partial charge in [-0.3, -0.25) is 19.9 Å². The first kappa shape index (κ1) is 35.1. The van der Waals surface area contributed by atoms with Crippen LogP contribution in [0.4, 0.5) is 5.13 Å². The molecule has 3 aromatic rings. The number of nitrogens with zero attached hydrogens (tertiary/aromatic N) is 6. The van der Waals surface area contributed by atoms with Crippen molar-refractivity contribution in [1.29, 1.82) is 0 Å². The molecule has 12 nitrogen and oxygen atoms in total. The summed E-state index contributed by atoms with van der Waals surface area (Å²) in [5.74, 6) is 1.49. The Kier molecular flexibility index (Phi) is 10.0. The number of pyridine rings is 1. The number of nitrogens with one attached hydrogen (secondary N) is 3. The van der Waals surface area contributed by atoms with Crippen molar-refractivity contribution in [2.24, 2.45) is 11.3 Å². The third-order valence-electron chi connectivity index (χ3n) is 11.8. The Morgan fingerprint density at radius 2 is 1.88 bits per heavy atom. The van der Waals surface area contributed by atoms with Crippen molar-refractivity contribution >= 4 is 33.9 Å². The van der Waals surface area contributed by atoms with Crippen molar-refractivity contribution in [3.8, 4) is 16.5 Å². The van der Waals surface area contributed by atoms with Gasteiger partial charge in [0.05, 0.1) is 24.1 Å². The molecular weight excluding hydrogens is 675 g/mol. The predicted octanol–water partition coefficient (Wildman–Crippen LogP) is 4.75. The number of anilines is 1. The Morgan fingerprint density at radius 3 is 2.63 bits per heavy atom. The minimum Gasteiger partial charge on any atom is -0.475 e. The fourth-order valence-electron chi connectivity index (χ4n) is 9.04. The molecule has 13 heteroatoms. The van der Waals surface area contributed by atoms with Crippen molar-refractivity contribution in [1.82, 2.24) is 40.7 Å². The molecule has 5 atom stereocenters. The molecule has 8 rings (SSSR count). The molecule has 4 fully saturated rings. The monoisotopic (exact) mass is 725 g/mol. The van der Waals surface area contributed by atoms with Crippen LogP contribution < -0.4 is 20.9 Å². The second-order valence-corrected chi connectivity index (χ2v) is 16.4. The van der Waals surface area contributed by atoms with E-state index in [-0.39, 0.29) is 29.5 Å². The van der Waals surface area contributed by atoms with Gasteiger partial charge >= 0.3 is 0 Å². The molecule has 276 valence electrons. The number of hydrogen-bond acceptors (Lipinski definition) is 11. The van der Waals surface area contributed by atoms with Gasteiger partial charge in [0.25, 0.3) is 0 Å². The summed E-state index contributed by atoms with van der Waals surface area (Å²) in [6.45, 7) is 10.9. The molecule has 0 radical (unpaired) electrons. The number of ether oxygens (including phenoxy) is 1. The Balaban J connectivity index is 0.831. The zero-order chi connectivity index (χ0) is 35.8. The number of hydrogen-bond donors (Lipinski definition) is 3. The summed E-state index contributed by atoms with van der Waals surface area (Å²) < 4.78 is 5.76. The second kappa shape index (κ2) is 14.8. The van der Waals surface area contributed by atoms with E-state index >= 15 is 0 Å². The number of aromatic nitrogens is 3. The van der Waals surface area contributed by atoms with Crippen LogP contribution in [0.15, 0.2) is 48.7 Å². The molecule has 2 amide bonds. The molecule has 4 unspecified atom stereocenters. The molecule has 2 aromatic heterocycles. The maximum Gasteiger partial charge on any atom is 0.237 e. The molecule has 6 heterocycles. The number of fused-ring (bicyclic) bond motifs is 1. The largest absolute Gasteiger partial charge is 0.475 e. The smallest absolute Gasteiger partial charge is 0.237 e. The Bertz CT molecular complexity index is 1780. The fraction of sp³-hybridized carbons (Fsp3) is 0.564. The molecular formula is C39H51N9O3S. The van der Waals surface area contributed by atoms with Crippen LogP contribution in [0.5, 0.6) is 5.88 Å². The standard InChI is InChI=1S/C39H51N9O3S/c1-4-40-38-45-44-36(52-38)28-7-5-26(6-8-28)27-13-17-47(18-14-27)34(49)23-46-19-15-39(24-46)16-20-48(37(39)50)30-10-11-32-31(21-30)35(43-42-32)29-9-12-33(41-22-29)51-25(2)3/h5-9,12-13,22,25,30-32,35,42-43H,4,10-11,14-21,23-24H2,1-3H3,(H,40,45)/t30?,31?,32?,35?,39-/m0/s1. The van der Waals surface area contributed by atoms with E-state index in [1.54, 1.807) is 11.3 Å². The summed E-state index contributed by atoms with van der Waals surface area (Å²) in [5.41, 5.74) is 11.4. The minimum atomic E-state index is -0.358. The molecule has 1 saturated carbocycles. The first-order chi connectivity index (χ1) is 25.3. The van der Waals surface area contributed by atoms with Gasteiger partial charge in [0.1, 0.15) is 5.01 Å². The lowest BCUT2D eigenvalue weighted by molar-refractivity contribution is -0.139. The number of benzene rings is 1. The molecule has 3 N–H and O–H groups in total. The number of hydrazine groups is 1. The summed E-state index contributed by atoms with van der Waals surface area (Å²) in [4.78, 5) is 38.6. The summed E-state index contributed by atoms with van der Waals surface area (Å²) in [6, 6.07) is 13.3. The topological polar surface area (TPSA) is 128 Å². The maximum atomic E-state index is 14.2. The quantitative estimate of drug-likeness (QED) is 0.270. The highest BCUT2D eigenvalue weighted by Gasteiger charge is 2.53. The average molecular weight is 726 g/mol. The fourth-order valence-corrected chi connectivity index (χ4v) is 9.86. The zero-order valence-corrected chi connectivity index (χ0v) is 31.3. The van der Waals surface area contributed by atoms with E-state index < -0.39 is 0 Å². The van der Waals surface area contributed by atoms with Gasteiger partial charge in [-0.05, 0) is 88.5 Å². The van der Waals surface area contributed by atoms with Crippen molar-refractivity contribution in [2.45, 2.75) is 83.5 Å². The van der Waals surface area contributed by atoms with Crippen molar-refractivity contribution < 1.29 is 14.3 Å². The highest BCUT2D eigenvalue weighted by atomic mass is 32.1. The average Bonchev–Trinajstić information content (AvgIpc) is 3.96. The zero-order valence-electron chi connectivity index (χ0n) is 30.5. The summed E-state index contributed by atoms with van der Waals surface area (Å²) in [7, 11) is 0. The van der Waals surface area contributed by atoms with E-state index in [4.69, 9.17) is 4.74 Å². The highest BCUT2D eigenvalue weighted by Crippen LogP contribution is 2.45. The SMILES string of the molecule is CCNc1nnc(-c2ccc(C3=CCN(C(=O)CN4CC[C@]5(CCN(C6CCC7NNC(c8ccc(OC(C)C)nc8)C7C6)C5=O)C4)CC3)cc2)s1. The van der Waals surface area contributed by atoms with Crippen LogP contribution in [0.25, 0.3) is 16.1 Å². The number of rotatable bonds is 10. The number of carbonyl (C=O) groups is 2. The molecule has 1 aliphatic carbocycles. The van der Waals surface area contributed by atoms with Crippen molar-refractivity contribution in [3.63, 3.8) is 0 Å². The number of amides is 2. The van der Waals surface area contributed by atoms with Crippen molar-refractivity contribution in [2.75, 3.05) is 51.1 Å². The molecule has 4 aliphatic heterocycles. The molecule has 0 bridgehead atoms. The first-order valence-electron chi connectivity index (χ1n) is 19.1. The van der Waals surface area contributed by atoms with Gasteiger partial charge in [-0.15, -0.1) is 10.2 Å². The van der Waals surface area contributed by atoms with Crippen LogP contribution in [-0.4, -0.2) is 106 Å². The van der Waals surface area contributed by atoms with Crippen LogP contribution >= 0.6 is 11.3 Å². The van der Waals surface area contributed by atoms with E-state index in [1.165, 1.54) is 11.1 Å². The highest BCUT2D eigenvalue weighted by molar-refractivity contribution is 7.18. The van der Waals surface area contributed by atoms with E-state index in [0.717, 1.165) is 79.4 Å². The van der Waals surface area contributed by atoms with Gasteiger partial charge in [0.2, 0.25) is 22.8 Å². The lowest BCUT2D eigenvalue weighted by atomic mass is 9.77. The van der Waals surface area contributed by atoms with E-state index in [9.17, 15) is 9.59 Å². The van der Waals surface area contributed by atoms with E-state index in [0.29, 0.717) is 49.9 Å². The lowest BCUT2D eigenvalue weighted by Gasteiger charge is -2.38. The minimum absolute atomic E-state index is 0.0873. The maximum absolute atomic E-state index is 14.2. The van der Waals surface area contributed by atoms with Crippen LogP contribution in [-0.2, 0) is 9.59 Å². The predicted molar refractivity (Wildman–Crippen MR) is 202 cm³/mol. The van der Waals surface area contributed by atoms with Gasteiger partial charge in [-0.25, -0.2) is 10.4 Å². The first-order valence-corrected chi connectivity index (χ1v) is 19.9. The molecule has 52 heavy (non-hydrogen) atoms. The van der Waals surface area contributed by atoms with E-state index in [1.807, 2.05) is 37.9 Å². The number of likely N-dealkylation sites (tertiary alicyclic amines) is 2. The second-order valence-electron chi connectivity index (χ2n) is 15.4. The third-order valence-corrected chi connectivity index (χ3v) is 12.7. The van der Waals surface area contributed by atoms with E-state index in [2.05, 4.69) is 77.6 Å². The molecule has 3 saturated heterocycles. The van der Waals surface area contributed by atoms with Gasteiger partial charge in [-0.1, -0.05) is 47.7 Å². The third kappa shape index (κ3) is 7.07. The van der Waals surface area contributed by atoms with Gasteiger partial charge in [0.15, 0.2) is 0 Å². The van der Waals surface area contributed by atoms with Crippen molar-refractivity contribution in [3.05, 3.63) is 59.8 Å². The normalized spacial score (nSPS) is 27.8. The van der Waals surface area contributed by atoms with Crippen LogP contribution in [0.2, 0.25) is 0 Å². The molecule has 1 aromatic carbocycles.